The lowest BCUT2D eigenvalue weighted by Crippen LogP contribution is -2.36. The van der Waals surface area contributed by atoms with Gasteiger partial charge in [-0.1, -0.05) is 0 Å². The highest BCUT2D eigenvalue weighted by Gasteiger charge is 2.27. The van der Waals surface area contributed by atoms with Crippen molar-refractivity contribution >= 4 is 5.91 Å². The predicted octanol–water partition coefficient (Wildman–Crippen LogP) is 0.291. The topological polar surface area (TPSA) is 50.4 Å². The van der Waals surface area contributed by atoms with Crippen LogP contribution in [0.2, 0.25) is 0 Å². The van der Waals surface area contributed by atoms with Crippen LogP contribution < -0.4 is 10.6 Å². The van der Waals surface area contributed by atoms with Crippen molar-refractivity contribution in [2.75, 3.05) is 32.8 Å². The van der Waals surface area contributed by atoms with Gasteiger partial charge in [0.25, 0.3) is 0 Å². The molecule has 1 amide bonds. The highest BCUT2D eigenvalue weighted by atomic mass is 19.4. The van der Waals surface area contributed by atoms with E-state index < -0.39 is 18.6 Å². The highest BCUT2D eigenvalue weighted by molar-refractivity contribution is 5.77. The summed E-state index contributed by atoms with van der Waals surface area (Å²) in [5.41, 5.74) is 0. The normalized spacial score (nSPS) is 21.1. The molecule has 2 N–H and O–H groups in total. The van der Waals surface area contributed by atoms with Gasteiger partial charge in [-0.15, -0.1) is 0 Å². The molecule has 1 rings (SSSR count). The number of amides is 1. The van der Waals surface area contributed by atoms with E-state index in [2.05, 4.69) is 5.32 Å². The van der Waals surface area contributed by atoms with Gasteiger partial charge in [0.05, 0.1) is 6.61 Å². The summed E-state index contributed by atoms with van der Waals surface area (Å²) < 4.78 is 40.2. The Morgan fingerprint density at radius 2 is 2.25 bits per heavy atom. The molecule has 0 aromatic carbocycles. The Balaban J connectivity index is 2.01. The fraction of sp³-hybridized carbons (Fsp3) is 0.889. The van der Waals surface area contributed by atoms with Gasteiger partial charge in [0.2, 0.25) is 5.91 Å². The number of hydrogen-bond acceptors (Lipinski definition) is 3. The molecular weight excluding hydrogens is 225 g/mol. The van der Waals surface area contributed by atoms with E-state index in [0.29, 0.717) is 12.5 Å². The van der Waals surface area contributed by atoms with Crippen LogP contribution in [0.3, 0.4) is 0 Å². The third-order valence-corrected chi connectivity index (χ3v) is 2.24. The van der Waals surface area contributed by atoms with Gasteiger partial charge in [-0.2, -0.15) is 13.2 Å². The molecule has 0 radical (unpaired) electrons. The van der Waals surface area contributed by atoms with Gasteiger partial charge in [-0.25, -0.2) is 0 Å². The maximum absolute atomic E-state index is 11.7. The zero-order valence-corrected chi connectivity index (χ0v) is 8.77. The van der Waals surface area contributed by atoms with Crippen LogP contribution in [0.1, 0.15) is 6.42 Å². The molecule has 1 saturated heterocycles. The molecule has 1 heterocycles. The van der Waals surface area contributed by atoms with Crippen molar-refractivity contribution in [2.24, 2.45) is 5.92 Å². The first-order valence-electron chi connectivity index (χ1n) is 5.09. The Bertz CT molecular complexity index is 227. The molecule has 94 valence electrons. The molecule has 4 nitrogen and oxygen atoms in total. The van der Waals surface area contributed by atoms with Gasteiger partial charge in [-0.3, -0.25) is 4.79 Å². The lowest BCUT2D eigenvalue weighted by Gasteiger charge is -2.10. The van der Waals surface area contributed by atoms with Crippen molar-refractivity contribution in [1.82, 2.24) is 10.6 Å². The smallest absolute Gasteiger partial charge is 0.371 e. The van der Waals surface area contributed by atoms with Crippen LogP contribution >= 0.6 is 0 Å². The van der Waals surface area contributed by atoms with E-state index in [9.17, 15) is 18.0 Å². The Morgan fingerprint density at radius 3 is 2.81 bits per heavy atom. The van der Waals surface area contributed by atoms with Gasteiger partial charge in [0.1, 0.15) is 13.2 Å². The van der Waals surface area contributed by atoms with Gasteiger partial charge < -0.3 is 15.4 Å². The third-order valence-electron chi connectivity index (χ3n) is 2.24. The van der Waals surface area contributed by atoms with E-state index in [4.69, 9.17) is 4.74 Å². The first kappa shape index (κ1) is 13.2. The summed E-state index contributed by atoms with van der Waals surface area (Å²) in [4.78, 5) is 10.9. The van der Waals surface area contributed by atoms with E-state index in [1.807, 2.05) is 0 Å². The second kappa shape index (κ2) is 6.05. The number of carbonyl (C=O) groups is 1. The van der Waals surface area contributed by atoms with Gasteiger partial charge >= 0.3 is 6.18 Å². The monoisotopic (exact) mass is 240 g/mol. The average Bonchev–Trinajstić information content (AvgIpc) is 2.66. The standard InChI is InChI=1S/C9H15F3N2O2/c10-9(11,12)6-14-8(15)5-16-4-7-1-2-13-3-7/h7,13H,1-6H2,(H,14,15). The SMILES string of the molecule is O=C(COCC1CCNC1)NCC(F)(F)F. The molecule has 1 fully saturated rings. The van der Waals surface area contributed by atoms with Crippen LogP contribution in [0.15, 0.2) is 0 Å². The zero-order chi connectivity index (χ0) is 12.0. The molecule has 1 aliphatic rings. The van der Waals surface area contributed by atoms with Gasteiger partial charge in [0.15, 0.2) is 0 Å². The Morgan fingerprint density at radius 1 is 1.50 bits per heavy atom. The first-order valence-corrected chi connectivity index (χ1v) is 5.09. The minimum Gasteiger partial charge on any atom is -0.371 e. The molecule has 1 unspecified atom stereocenters. The summed E-state index contributed by atoms with van der Waals surface area (Å²) in [5.74, 6) is -0.376. The number of nitrogens with one attached hydrogen (secondary N) is 2. The Hall–Kier alpha value is -0.820. The molecule has 1 aliphatic heterocycles. The second-order valence-corrected chi connectivity index (χ2v) is 3.77. The maximum Gasteiger partial charge on any atom is 0.405 e. The van der Waals surface area contributed by atoms with E-state index in [-0.39, 0.29) is 6.61 Å². The fourth-order valence-electron chi connectivity index (χ4n) is 1.42. The lowest BCUT2D eigenvalue weighted by molar-refractivity contribution is -0.141. The van der Waals surface area contributed by atoms with E-state index in [0.717, 1.165) is 19.5 Å². The number of rotatable bonds is 5. The summed E-state index contributed by atoms with van der Waals surface area (Å²) in [6.45, 7) is 0.553. The predicted molar refractivity (Wildman–Crippen MR) is 50.9 cm³/mol. The number of alkyl halides is 3. The van der Waals surface area contributed by atoms with Crippen molar-refractivity contribution in [2.45, 2.75) is 12.6 Å². The van der Waals surface area contributed by atoms with Crippen molar-refractivity contribution in [1.29, 1.82) is 0 Å². The molecule has 0 aromatic rings. The van der Waals surface area contributed by atoms with Crippen molar-refractivity contribution in [3.63, 3.8) is 0 Å². The highest BCUT2D eigenvalue weighted by Crippen LogP contribution is 2.12. The number of halogens is 3. The molecule has 16 heavy (non-hydrogen) atoms. The summed E-state index contributed by atoms with van der Waals surface area (Å²) in [7, 11) is 0. The van der Waals surface area contributed by atoms with Crippen LogP contribution in [-0.4, -0.2) is 44.9 Å². The zero-order valence-electron chi connectivity index (χ0n) is 8.77. The molecule has 0 bridgehead atoms. The molecular formula is C9H15F3N2O2. The van der Waals surface area contributed by atoms with E-state index >= 15 is 0 Å². The van der Waals surface area contributed by atoms with Crippen LogP contribution in [0, 0.1) is 5.92 Å². The number of hydrogen-bond donors (Lipinski definition) is 2. The van der Waals surface area contributed by atoms with Crippen LogP contribution in [0.4, 0.5) is 13.2 Å². The fourth-order valence-corrected chi connectivity index (χ4v) is 1.42. The van der Waals surface area contributed by atoms with Crippen LogP contribution in [-0.2, 0) is 9.53 Å². The van der Waals surface area contributed by atoms with E-state index in [1.165, 1.54) is 0 Å². The quantitative estimate of drug-likeness (QED) is 0.726. The Labute approximate surface area is 91.5 Å². The minimum absolute atomic E-state index is 0.313. The lowest BCUT2D eigenvalue weighted by atomic mass is 10.1. The van der Waals surface area contributed by atoms with E-state index in [1.54, 1.807) is 5.32 Å². The second-order valence-electron chi connectivity index (χ2n) is 3.77. The van der Waals surface area contributed by atoms with Gasteiger partial charge in [0, 0.05) is 6.54 Å². The summed E-state index contributed by atoms with van der Waals surface area (Å²) in [6.07, 6.45) is -3.39. The average molecular weight is 240 g/mol. The molecule has 0 aromatic heterocycles. The molecule has 7 heteroatoms. The van der Waals surface area contributed by atoms with Crippen molar-refractivity contribution in [3.05, 3.63) is 0 Å². The molecule has 0 aliphatic carbocycles. The third kappa shape index (κ3) is 5.92. The van der Waals surface area contributed by atoms with Crippen LogP contribution in [0.25, 0.3) is 0 Å². The van der Waals surface area contributed by atoms with Crippen molar-refractivity contribution in [3.8, 4) is 0 Å². The molecule has 0 spiro atoms. The maximum atomic E-state index is 11.7. The first-order chi connectivity index (χ1) is 7.47. The largest absolute Gasteiger partial charge is 0.405 e. The van der Waals surface area contributed by atoms with Gasteiger partial charge in [-0.05, 0) is 18.9 Å². The van der Waals surface area contributed by atoms with Crippen LogP contribution in [0.5, 0.6) is 0 Å². The molecule has 1 atom stereocenters. The Kier molecular flexibility index (Phi) is 5.01. The summed E-state index contributed by atoms with van der Waals surface area (Å²) in [6, 6.07) is 0. The van der Waals surface area contributed by atoms with Crippen molar-refractivity contribution < 1.29 is 22.7 Å². The number of carbonyl (C=O) groups excluding carboxylic acids is 1. The number of ether oxygens (including phenoxy) is 1. The minimum atomic E-state index is -4.37. The summed E-state index contributed by atoms with van der Waals surface area (Å²) >= 11 is 0. The summed E-state index contributed by atoms with van der Waals surface area (Å²) in [5, 5.41) is 4.87. The molecule has 0 saturated carbocycles.